The number of nitrogens with zero attached hydrogens (tertiary/aromatic N) is 4. The molecule has 2 heterocycles. The second-order valence-corrected chi connectivity index (χ2v) is 6.89. The molecule has 0 saturated heterocycles. The van der Waals surface area contributed by atoms with E-state index in [1.165, 1.54) is 32.8 Å². The molecule has 1 N–H and O–H groups in total. The van der Waals surface area contributed by atoms with Crippen molar-refractivity contribution in [2.75, 3.05) is 19.6 Å². The molecule has 0 saturated carbocycles. The number of carbonyl (C=O) groups is 1. The predicted octanol–water partition coefficient (Wildman–Crippen LogP) is 1.75. The van der Waals surface area contributed by atoms with Crippen LogP contribution < -0.4 is 20.5 Å². The van der Waals surface area contributed by atoms with Gasteiger partial charge in [0, 0.05) is 5.56 Å². The fourth-order valence-corrected chi connectivity index (χ4v) is 2.63. The molecule has 0 aliphatic carbocycles. The Balaban J connectivity index is 1.94. The molecule has 0 bridgehead atoms. The molecule has 0 atom stereocenters. The minimum Gasteiger partial charge on any atom is -0.493 e. The van der Waals surface area contributed by atoms with Crippen molar-refractivity contribution in [3.8, 4) is 11.5 Å². The lowest BCUT2D eigenvalue weighted by atomic mass is 10.1. The van der Waals surface area contributed by atoms with Crippen LogP contribution in [0.4, 0.5) is 0 Å². The maximum Gasteiger partial charge on any atom is 0.283 e. The van der Waals surface area contributed by atoms with Gasteiger partial charge >= 0.3 is 0 Å². The summed E-state index contributed by atoms with van der Waals surface area (Å²) >= 11 is 0. The molecule has 9 nitrogen and oxygen atoms in total. The van der Waals surface area contributed by atoms with Crippen LogP contribution >= 0.6 is 0 Å². The van der Waals surface area contributed by atoms with Gasteiger partial charge in [-0.3, -0.25) is 15.0 Å². The first-order valence-electron chi connectivity index (χ1n) is 8.25. The number of hydrogen-bond donors (Lipinski definition) is 1. The monoisotopic (exact) mass is 371 g/mol. The first-order valence-corrected chi connectivity index (χ1v) is 8.25. The summed E-state index contributed by atoms with van der Waals surface area (Å²) in [5, 5.41) is 4.56. The minimum absolute atomic E-state index is 0.310. The summed E-state index contributed by atoms with van der Waals surface area (Å²) in [5.41, 5.74) is 2.56. The Morgan fingerprint density at radius 3 is 2.48 bits per heavy atom. The molecule has 0 aliphatic heterocycles. The topological polar surface area (TPSA) is 100 Å². The summed E-state index contributed by atoms with van der Waals surface area (Å²) in [6.07, 6.45) is 2.72. The zero-order valence-electron chi connectivity index (χ0n) is 15.8. The lowest BCUT2D eigenvalue weighted by Gasteiger charge is -2.19. The van der Waals surface area contributed by atoms with Gasteiger partial charge in [0.2, 0.25) is 0 Å². The average Bonchev–Trinajstić information content (AvgIpc) is 3.08. The molecule has 2 aromatic heterocycles. The maximum atomic E-state index is 12.7. The summed E-state index contributed by atoms with van der Waals surface area (Å²) in [4.78, 5) is 29.5. The Bertz CT molecular complexity index is 1060. The molecule has 142 valence electrons. The van der Waals surface area contributed by atoms with Gasteiger partial charge in [0.25, 0.3) is 11.5 Å². The van der Waals surface area contributed by atoms with Gasteiger partial charge in [-0.05, 0) is 39.0 Å². The highest BCUT2D eigenvalue weighted by Crippen LogP contribution is 2.27. The molecule has 0 radical (unpaired) electrons. The van der Waals surface area contributed by atoms with E-state index in [0.29, 0.717) is 28.1 Å². The molecule has 1 aromatic carbocycles. The second-order valence-electron chi connectivity index (χ2n) is 6.89. The lowest BCUT2D eigenvalue weighted by Crippen LogP contribution is -2.33. The molecule has 0 spiro atoms. The van der Waals surface area contributed by atoms with E-state index in [1.807, 2.05) is 20.8 Å². The van der Waals surface area contributed by atoms with E-state index in [4.69, 9.17) is 9.47 Å². The van der Waals surface area contributed by atoms with Crippen LogP contribution in [0.5, 0.6) is 11.5 Å². The highest BCUT2D eigenvalue weighted by Gasteiger charge is 2.20. The summed E-state index contributed by atoms with van der Waals surface area (Å²) in [6.45, 7) is 5.89. The number of carbonyl (C=O) groups excluding carboxylic acids is 1. The number of amides is 1. The average molecular weight is 371 g/mol. The largest absolute Gasteiger partial charge is 0.493 e. The van der Waals surface area contributed by atoms with E-state index in [-0.39, 0.29) is 5.54 Å². The van der Waals surface area contributed by atoms with E-state index < -0.39 is 11.5 Å². The molecule has 3 rings (SSSR count). The van der Waals surface area contributed by atoms with Crippen molar-refractivity contribution in [3.63, 3.8) is 0 Å². The van der Waals surface area contributed by atoms with E-state index in [0.717, 1.165) is 4.68 Å². The quantitative estimate of drug-likeness (QED) is 0.750. The van der Waals surface area contributed by atoms with Crippen molar-refractivity contribution >= 4 is 16.9 Å². The van der Waals surface area contributed by atoms with Gasteiger partial charge in [-0.1, -0.05) is 0 Å². The highest BCUT2D eigenvalue weighted by molar-refractivity contribution is 6.00. The maximum absolute atomic E-state index is 12.7. The Hall–Kier alpha value is -3.36. The number of rotatable bonds is 4. The van der Waals surface area contributed by atoms with Crippen LogP contribution in [0.3, 0.4) is 0 Å². The summed E-state index contributed by atoms with van der Waals surface area (Å²) in [5.74, 6) is 0.434. The normalized spacial score (nSPS) is 11.4. The third kappa shape index (κ3) is 3.35. The SMILES string of the molecule is COc1ccc(C(=O)Nn2cnc3c(cnn3C(C)(C)C)c2=O)cc1OC. The molecular weight excluding hydrogens is 350 g/mol. The highest BCUT2D eigenvalue weighted by atomic mass is 16.5. The first kappa shape index (κ1) is 18.4. The number of nitrogens with one attached hydrogen (secondary N) is 1. The lowest BCUT2D eigenvalue weighted by molar-refractivity contribution is 0.101. The van der Waals surface area contributed by atoms with Crippen LogP contribution in [0.1, 0.15) is 31.1 Å². The smallest absolute Gasteiger partial charge is 0.283 e. The van der Waals surface area contributed by atoms with Gasteiger partial charge in [0.1, 0.15) is 11.7 Å². The van der Waals surface area contributed by atoms with Crippen LogP contribution in [0, 0.1) is 0 Å². The molecule has 0 unspecified atom stereocenters. The Labute approximate surface area is 155 Å². The van der Waals surface area contributed by atoms with Gasteiger partial charge in [-0.2, -0.15) is 5.10 Å². The van der Waals surface area contributed by atoms with Crippen molar-refractivity contribution in [2.45, 2.75) is 26.3 Å². The molecule has 0 aliphatic rings. The van der Waals surface area contributed by atoms with Crippen molar-refractivity contribution < 1.29 is 14.3 Å². The van der Waals surface area contributed by atoms with Crippen molar-refractivity contribution in [2.24, 2.45) is 0 Å². The van der Waals surface area contributed by atoms with Crippen molar-refractivity contribution in [1.29, 1.82) is 0 Å². The number of ether oxygens (including phenoxy) is 2. The van der Waals surface area contributed by atoms with E-state index in [2.05, 4.69) is 15.5 Å². The van der Waals surface area contributed by atoms with Crippen LogP contribution in [0.2, 0.25) is 0 Å². The van der Waals surface area contributed by atoms with Gasteiger partial charge in [-0.15, -0.1) is 0 Å². The zero-order chi connectivity index (χ0) is 19.8. The van der Waals surface area contributed by atoms with E-state index in [9.17, 15) is 9.59 Å². The molecule has 1 amide bonds. The first-order chi connectivity index (χ1) is 12.8. The Kier molecular flexibility index (Phi) is 4.61. The third-order valence-electron chi connectivity index (χ3n) is 3.99. The Morgan fingerprint density at radius 1 is 1.15 bits per heavy atom. The number of aromatic nitrogens is 4. The Morgan fingerprint density at radius 2 is 1.85 bits per heavy atom. The molecular formula is C18H21N5O4. The van der Waals surface area contributed by atoms with Gasteiger partial charge in [0.15, 0.2) is 17.1 Å². The zero-order valence-corrected chi connectivity index (χ0v) is 15.8. The number of hydrogen-bond acceptors (Lipinski definition) is 6. The van der Waals surface area contributed by atoms with Crippen LogP contribution in [-0.2, 0) is 5.54 Å². The van der Waals surface area contributed by atoms with E-state index in [1.54, 1.807) is 16.8 Å². The fraction of sp³-hybridized carbons (Fsp3) is 0.333. The molecule has 9 heteroatoms. The summed E-state index contributed by atoms with van der Waals surface area (Å²) < 4.78 is 13.1. The van der Waals surface area contributed by atoms with Crippen molar-refractivity contribution in [1.82, 2.24) is 19.4 Å². The molecule has 27 heavy (non-hydrogen) atoms. The van der Waals surface area contributed by atoms with Crippen molar-refractivity contribution in [3.05, 3.63) is 46.6 Å². The summed E-state index contributed by atoms with van der Waals surface area (Å²) in [7, 11) is 2.99. The molecule has 0 fully saturated rings. The molecule has 3 aromatic rings. The third-order valence-corrected chi connectivity index (χ3v) is 3.99. The number of methoxy groups -OCH3 is 2. The number of fused-ring (bicyclic) bond motifs is 1. The standard InChI is InChI=1S/C18H21N5O4/c1-18(2,3)23-15-12(9-20-23)17(25)22(10-19-15)21-16(24)11-6-7-13(26-4)14(8-11)27-5/h6-10H,1-5H3,(H,21,24). The summed E-state index contributed by atoms with van der Waals surface area (Å²) in [6, 6.07) is 4.72. The van der Waals surface area contributed by atoms with Crippen LogP contribution in [0.25, 0.3) is 11.0 Å². The fourth-order valence-electron chi connectivity index (χ4n) is 2.63. The van der Waals surface area contributed by atoms with Gasteiger partial charge < -0.3 is 9.47 Å². The predicted molar refractivity (Wildman–Crippen MR) is 100 cm³/mol. The number of benzene rings is 1. The van der Waals surface area contributed by atoms with Gasteiger partial charge in [-0.25, -0.2) is 14.3 Å². The van der Waals surface area contributed by atoms with Crippen LogP contribution in [-0.4, -0.2) is 39.6 Å². The van der Waals surface area contributed by atoms with Gasteiger partial charge in [0.05, 0.1) is 26.0 Å². The van der Waals surface area contributed by atoms with E-state index >= 15 is 0 Å². The second kappa shape index (κ2) is 6.75. The van der Waals surface area contributed by atoms with Crippen LogP contribution in [0.15, 0.2) is 35.5 Å². The minimum atomic E-state index is -0.484.